The molecule has 2 aromatic carbocycles. The van der Waals surface area contributed by atoms with Crippen LogP contribution in [0, 0.1) is 0 Å². The molecule has 0 aliphatic carbocycles. The van der Waals surface area contributed by atoms with Crippen LogP contribution >= 0.6 is 0 Å². The molecule has 0 bridgehead atoms. The Morgan fingerprint density at radius 1 is 0.839 bits per heavy atom. The minimum atomic E-state index is -0.680. The molecule has 0 unspecified atom stereocenters. The van der Waals surface area contributed by atoms with Gasteiger partial charge in [0.25, 0.3) is 11.5 Å². The summed E-state index contributed by atoms with van der Waals surface area (Å²) >= 11 is 0. The van der Waals surface area contributed by atoms with Crippen LogP contribution in [0.15, 0.2) is 89.9 Å². The van der Waals surface area contributed by atoms with Crippen LogP contribution in [-0.4, -0.2) is 31.1 Å². The largest absolute Gasteiger partial charge is 0.309 e. The molecule has 2 heterocycles. The van der Waals surface area contributed by atoms with Gasteiger partial charge in [-0.3, -0.25) is 25.2 Å². The van der Waals surface area contributed by atoms with E-state index in [1.807, 2.05) is 60.7 Å². The number of aromatic nitrogens is 4. The molecule has 0 aliphatic rings. The SMILES string of the molecule is O=C(Cn1ccccc1=O)NNC(=O)c1nc(-c2ccccc2)n(-c2ccccc2)n1. The zero-order valence-corrected chi connectivity index (χ0v) is 16.3. The minimum Gasteiger partial charge on any atom is -0.306 e. The Labute approximate surface area is 177 Å². The number of benzene rings is 2. The highest BCUT2D eigenvalue weighted by atomic mass is 16.2. The lowest BCUT2D eigenvalue weighted by Crippen LogP contribution is -2.44. The molecule has 0 saturated heterocycles. The highest BCUT2D eigenvalue weighted by Gasteiger charge is 2.19. The molecule has 9 heteroatoms. The van der Waals surface area contributed by atoms with Gasteiger partial charge in [-0.05, 0) is 18.2 Å². The molecule has 4 aromatic rings. The van der Waals surface area contributed by atoms with Gasteiger partial charge >= 0.3 is 5.91 Å². The summed E-state index contributed by atoms with van der Waals surface area (Å²) in [6.07, 6.45) is 1.49. The molecular weight excluding hydrogens is 396 g/mol. The predicted octanol–water partition coefficient (Wildman–Crippen LogP) is 1.56. The van der Waals surface area contributed by atoms with E-state index in [9.17, 15) is 14.4 Å². The molecule has 4 rings (SSSR count). The Hall–Kier alpha value is -4.53. The van der Waals surface area contributed by atoms with E-state index in [4.69, 9.17) is 0 Å². The number of hydrogen-bond donors (Lipinski definition) is 2. The second kappa shape index (κ2) is 8.87. The standard InChI is InChI=1S/C22H18N6O3/c29-18(15-27-14-8-7-13-19(27)30)24-25-22(31)20-23-21(16-9-3-1-4-10-16)28(26-20)17-11-5-2-6-12-17/h1-14H,15H2,(H,24,29)(H,25,31). The van der Waals surface area contributed by atoms with Crippen LogP contribution in [-0.2, 0) is 11.3 Å². The van der Waals surface area contributed by atoms with Gasteiger partial charge in [-0.15, -0.1) is 5.10 Å². The third-order valence-electron chi connectivity index (χ3n) is 4.37. The fourth-order valence-corrected chi connectivity index (χ4v) is 2.90. The van der Waals surface area contributed by atoms with Crippen molar-refractivity contribution in [2.24, 2.45) is 0 Å². The first kappa shape index (κ1) is 19.8. The zero-order chi connectivity index (χ0) is 21.6. The third kappa shape index (κ3) is 4.56. The van der Waals surface area contributed by atoms with Crippen molar-refractivity contribution in [3.63, 3.8) is 0 Å². The summed E-state index contributed by atoms with van der Waals surface area (Å²) in [5.74, 6) is -0.868. The quantitative estimate of drug-likeness (QED) is 0.482. The van der Waals surface area contributed by atoms with Crippen molar-refractivity contribution >= 4 is 11.8 Å². The van der Waals surface area contributed by atoms with E-state index in [0.717, 1.165) is 11.3 Å². The number of carbonyl (C=O) groups is 2. The van der Waals surface area contributed by atoms with Crippen LogP contribution in [0.4, 0.5) is 0 Å². The summed E-state index contributed by atoms with van der Waals surface area (Å²) in [5, 5.41) is 4.32. The molecule has 9 nitrogen and oxygen atoms in total. The van der Waals surface area contributed by atoms with E-state index < -0.39 is 11.8 Å². The molecule has 0 atom stereocenters. The normalized spacial score (nSPS) is 10.5. The Morgan fingerprint density at radius 3 is 2.23 bits per heavy atom. The summed E-state index contributed by atoms with van der Waals surface area (Å²) in [4.78, 5) is 40.7. The van der Waals surface area contributed by atoms with Crippen LogP contribution in [0.1, 0.15) is 10.6 Å². The van der Waals surface area contributed by atoms with Gasteiger partial charge in [-0.1, -0.05) is 54.6 Å². The first-order chi connectivity index (χ1) is 15.1. The summed E-state index contributed by atoms with van der Waals surface area (Å²) < 4.78 is 2.78. The van der Waals surface area contributed by atoms with Crippen molar-refractivity contribution in [1.82, 2.24) is 30.2 Å². The molecule has 0 radical (unpaired) electrons. The lowest BCUT2D eigenvalue weighted by atomic mass is 10.2. The third-order valence-corrected chi connectivity index (χ3v) is 4.37. The second-order valence-electron chi connectivity index (χ2n) is 6.54. The number of hydrogen-bond acceptors (Lipinski definition) is 5. The van der Waals surface area contributed by atoms with Gasteiger partial charge in [-0.25, -0.2) is 9.67 Å². The minimum absolute atomic E-state index is 0.111. The molecule has 0 saturated carbocycles. The Morgan fingerprint density at radius 2 is 1.52 bits per heavy atom. The molecule has 0 spiro atoms. The van der Waals surface area contributed by atoms with Crippen molar-refractivity contribution in [2.75, 3.05) is 0 Å². The van der Waals surface area contributed by atoms with Crippen LogP contribution in [0.3, 0.4) is 0 Å². The molecular formula is C22H18N6O3. The number of hydrazine groups is 1. The topological polar surface area (TPSA) is 111 Å². The van der Waals surface area contributed by atoms with E-state index >= 15 is 0 Å². The van der Waals surface area contributed by atoms with E-state index in [1.54, 1.807) is 16.8 Å². The molecule has 2 N–H and O–H groups in total. The van der Waals surface area contributed by atoms with E-state index in [0.29, 0.717) is 5.82 Å². The van der Waals surface area contributed by atoms with Gasteiger partial charge in [-0.2, -0.15) is 0 Å². The lowest BCUT2D eigenvalue weighted by molar-refractivity contribution is -0.122. The maximum atomic E-state index is 12.6. The van der Waals surface area contributed by atoms with E-state index in [1.165, 1.54) is 16.8 Å². The van der Waals surface area contributed by atoms with E-state index in [2.05, 4.69) is 20.9 Å². The average molecular weight is 414 g/mol. The van der Waals surface area contributed by atoms with Crippen LogP contribution in [0.25, 0.3) is 17.1 Å². The maximum absolute atomic E-state index is 12.6. The maximum Gasteiger partial charge on any atom is 0.309 e. The summed E-state index contributed by atoms with van der Waals surface area (Å²) in [7, 11) is 0. The monoisotopic (exact) mass is 414 g/mol. The van der Waals surface area contributed by atoms with Crippen molar-refractivity contribution < 1.29 is 9.59 Å². The number of rotatable bonds is 5. The van der Waals surface area contributed by atoms with Crippen molar-refractivity contribution in [3.8, 4) is 17.1 Å². The first-order valence-corrected chi connectivity index (χ1v) is 9.44. The fraction of sp³-hybridized carbons (Fsp3) is 0.0455. The Kier molecular flexibility index (Phi) is 5.66. The first-order valence-electron chi connectivity index (χ1n) is 9.44. The highest BCUT2D eigenvalue weighted by molar-refractivity contribution is 5.92. The fourth-order valence-electron chi connectivity index (χ4n) is 2.90. The van der Waals surface area contributed by atoms with Gasteiger partial charge in [0.05, 0.1) is 5.69 Å². The van der Waals surface area contributed by atoms with Crippen molar-refractivity contribution in [1.29, 1.82) is 0 Å². The lowest BCUT2D eigenvalue weighted by Gasteiger charge is -2.07. The smallest absolute Gasteiger partial charge is 0.306 e. The molecule has 0 fully saturated rings. The summed E-state index contributed by atoms with van der Waals surface area (Å²) in [6.45, 7) is -0.235. The van der Waals surface area contributed by atoms with Crippen molar-refractivity contribution in [2.45, 2.75) is 6.54 Å². The Balaban J connectivity index is 1.53. The van der Waals surface area contributed by atoms with Crippen LogP contribution < -0.4 is 16.4 Å². The van der Waals surface area contributed by atoms with Crippen molar-refractivity contribution in [3.05, 3.63) is 101 Å². The predicted molar refractivity (Wildman–Crippen MR) is 113 cm³/mol. The molecule has 2 aromatic heterocycles. The summed E-state index contributed by atoms with van der Waals surface area (Å²) in [5.41, 5.74) is 5.77. The number of nitrogens with zero attached hydrogens (tertiary/aromatic N) is 4. The number of para-hydroxylation sites is 1. The van der Waals surface area contributed by atoms with Gasteiger partial charge in [0, 0.05) is 17.8 Å². The molecule has 2 amide bonds. The van der Waals surface area contributed by atoms with Gasteiger partial charge in [0.15, 0.2) is 5.82 Å². The van der Waals surface area contributed by atoms with Crippen LogP contribution in [0.2, 0.25) is 0 Å². The van der Waals surface area contributed by atoms with Crippen LogP contribution in [0.5, 0.6) is 0 Å². The molecule has 0 aliphatic heterocycles. The zero-order valence-electron chi connectivity index (χ0n) is 16.3. The highest BCUT2D eigenvalue weighted by Crippen LogP contribution is 2.20. The van der Waals surface area contributed by atoms with Gasteiger partial charge in [0.1, 0.15) is 6.54 Å². The molecule has 154 valence electrons. The van der Waals surface area contributed by atoms with E-state index in [-0.39, 0.29) is 17.9 Å². The van der Waals surface area contributed by atoms with Gasteiger partial charge in [0.2, 0.25) is 5.82 Å². The number of amides is 2. The van der Waals surface area contributed by atoms with Gasteiger partial charge < -0.3 is 4.57 Å². The number of nitrogens with one attached hydrogen (secondary N) is 2. The summed E-state index contributed by atoms with van der Waals surface area (Å²) in [6, 6.07) is 23.2. The Bertz CT molecular complexity index is 1210. The second-order valence-corrected chi connectivity index (χ2v) is 6.54. The average Bonchev–Trinajstić information content (AvgIpc) is 3.26. The molecule has 31 heavy (non-hydrogen) atoms. The number of carbonyl (C=O) groups excluding carboxylic acids is 2. The number of pyridine rings is 1.